The molecule has 0 unspecified atom stereocenters. The molecule has 0 fully saturated rings. The Bertz CT molecular complexity index is 664. The first kappa shape index (κ1) is 15.7. The second kappa shape index (κ2) is 6.87. The van der Waals surface area contributed by atoms with Crippen molar-refractivity contribution in [2.24, 2.45) is 0 Å². The van der Waals surface area contributed by atoms with Crippen LogP contribution in [-0.2, 0) is 16.4 Å². The number of benzene rings is 2. The van der Waals surface area contributed by atoms with E-state index in [0.717, 1.165) is 18.4 Å². The molecule has 0 saturated heterocycles. The van der Waals surface area contributed by atoms with Crippen LogP contribution in [0, 0.1) is 6.92 Å². The molecule has 1 atom stereocenters. The predicted molar refractivity (Wildman–Crippen MR) is 85.7 cm³/mol. The average molecular weight is 303 g/mol. The van der Waals surface area contributed by atoms with Gasteiger partial charge in [-0.15, -0.1) is 0 Å². The van der Waals surface area contributed by atoms with E-state index >= 15 is 0 Å². The molecule has 2 rings (SSSR count). The minimum atomic E-state index is -3.43. The maximum atomic E-state index is 12.3. The summed E-state index contributed by atoms with van der Waals surface area (Å²) < 4.78 is 27.2. The molecule has 0 aliphatic carbocycles. The number of nitrogens with one attached hydrogen (secondary N) is 1. The number of sulfonamides is 1. The molecule has 0 amide bonds. The molecule has 112 valence electrons. The Balaban J connectivity index is 1.95. The summed E-state index contributed by atoms with van der Waals surface area (Å²) in [6.45, 7) is 3.83. The van der Waals surface area contributed by atoms with Crippen molar-refractivity contribution in [3.8, 4) is 0 Å². The summed E-state index contributed by atoms with van der Waals surface area (Å²) in [6, 6.07) is 16.9. The van der Waals surface area contributed by atoms with E-state index in [1.165, 1.54) is 5.56 Å². The van der Waals surface area contributed by atoms with Crippen LogP contribution in [0.4, 0.5) is 0 Å². The average Bonchev–Trinajstić information content (AvgIpc) is 2.46. The van der Waals surface area contributed by atoms with Crippen LogP contribution in [0.2, 0.25) is 0 Å². The van der Waals surface area contributed by atoms with E-state index in [0.29, 0.717) is 4.90 Å². The molecule has 0 aromatic heterocycles. The highest BCUT2D eigenvalue weighted by atomic mass is 32.2. The Labute approximate surface area is 127 Å². The lowest BCUT2D eigenvalue weighted by atomic mass is 10.1. The summed E-state index contributed by atoms with van der Waals surface area (Å²) in [4.78, 5) is 0.319. The van der Waals surface area contributed by atoms with Gasteiger partial charge in [0, 0.05) is 6.04 Å². The van der Waals surface area contributed by atoms with Crippen molar-refractivity contribution in [2.75, 3.05) is 0 Å². The van der Waals surface area contributed by atoms with Crippen molar-refractivity contribution in [1.82, 2.24) is 4.72 Å². The fourth-order valence-electron chi connectivity index (χ4n) is 2.14. The van der Waals surface area contributed by atoms with Gasteiger partial charge < -0.3 is 0 Å². The lowest BCUT2D eigenvalue weighted by molar-refractivity contribution is 0.547. The highest BCUT2D eigenvalue weighted by Crippen LogP contribution is 2.12. The third-order valence-corrected chi connectivity index (χ3v) is 5.00. The van der Waals surface area contributed by atoms with E-state index in [1.54, 1.807) is 12.1 Å². The van der Waals surface area contributed by atoms with Gasteiger partial charge in [-0.05, 0) is 44.4 Å². The SMILES string of the molecule is Cc1ccc(S(=O)(=O)N[C@@H](C)CCc2ccccc2)cc1. The Kier molecular flexibility index (Phi) is 5.15. The van der Waals surface area contributed by atoms with Gasteiger partial charge in [0.2, 0.25) is 10.0 Å². The number of rotatable bonds is 6. The summed E-state index contributed by atoms with van der Waals surface area (Å²) in [5, 5.41) is 0. The number of aryl methyl sites for hydroxylation is 2. The molecule has 3 nitrogen and oxygen atoms in total. The zero-order chi connectivity index (χ0) is 15.3. The summed E-state index contributed by atoms with van der Waals surface area (Å²) >= 11 is 0. The lowest BCUT2D eigenvalue weighted by Gasteiger charge is -2.14. The zero-order valence-electron chi connectivity index (χ0n) is 12.4. The molecule has 21 heavy (non-hydrogen) atoms. The van der Waals surface area contributed by atoms with Crippen LogP contribution in [0.15, 0.2) is 59.5 Å². The van der Waals surface area contributed by atoms with Crippen molar-refractivity contribution in [2.45, 2.75) is 37.6 Å². The fraction of sp³-hybridized carbons (Fsp3) is 0.294. The Hall–Kier alpha value is -1.65. The van der Waals surface area contributed by atoms with E-state index in [2.05, 4.69) is 16.9 Å². The maximum Gasteiger partial charge on any atom is 0.240 e. The van der Waals surface area contributed by atoms with E-state index in [9.17, 15) is 8.42 Å². The Morgan fingerprint density at radius 1 is 1.00 bits per heavy atom. The minimum absolute atomic E-state index is 0.100. The van der Waals surface area contributed by atoms with Crippen molar-refractivity contribution in [1.29, 1.82) is 0 Å². The molecule has 0 heterocycles. The predicted octanol–water partition coefficient (Wildman–Crippen LogP) is 3.29. The van der Waals surface area contributed by atoms with Gasteiger partial charge in [-0.25, -0.2) is 13.1 Å². The van der Waals surface area contributed by atoms with E-state index in [1.807, 2.05) is 44.2 Å². The molecular weight excluding hydrogens is 282 g/mol. The molecule has 4 heteroatoms. The topological polar surface area (TPSA) is 46.2 Å². The van der Waals surface area contributed by atoms with Gasteiger partial charge in [0.25, 0.3) is 0 Å². The first-order chi connectivity index (χ1) is 9.97. The quantitative estimate of drug-likeness (QED) is 0.890. The minimum Gasteiger partial charge on any atom is -0.208 e. The van der Waals surface area contributed by atoms with E-state index in [-0.39, 0.29) is 6.04 Å². The molecule has 1 N–H and O–H groups in total. The van der Waals surface area contributed by atoms with Gasteiger partial charge in [0.15, 0.2) is 0 Å². The molecule has 0 bridgehead atoms. The standard InChI is InChI=1S/C17H21NO2S/c1-14-8-12-17(13-9-14)21(19,20)18-15(2)10-11-16-6-4-3-5-7-16/h3-9,12-13,15,18H,10-11H2,1-2H3/t15-/m0/s1. The van der Waals surface area contributed by atoms with Gasteiger partial charge in [-0.1, -0.05) is 48.0 Å². The van der Waals surface area contributed by atoms with Crippen LogP contribution in [0.25, 0.3) is 0 Å². The molecule has 0 aliphatic rings. The van der Waals surface area contributed by atoms with Gasteiger partial charge in [0.1, 0.15) is 0 Å². The van der Waals surface area contributed by atoms with Crippen LogP contribution in [-0.4, -0.2) is 14.5 Å². The monoisotopic (exact) mass is 303 g/mol. The third-order valence-electron chi connectivity index (χ3n) is 3.40. The molecule has 0 radical (unpaired) electrons. The summed E-state index contributed by atoms with van der Waals surface area (Å²) in [6.07, 6.45) is 1.63. The van der Waals surface area contributed by atoms with Crippen LogP contribution in [0.5, 0.6) is 0 Å². The molecular formula is C17H21NO2S. The lowest BCUT2D eigenvalue weighted by Crippen LogP contribution is -2.32. The Morgan fingerprint density at radius 3 is 2.24 bits per heavy atom. The summed E-state index contributed by atoms with van der Waals surface area (Å²) in [5.74, 6) is 0. The molecule has 0 aliphatic heterocycles. The molecule has 2 aromatic rings. The van der Waals surface area contributed by atoms with Gasteiger partial charge in [-0.3, -0.25) is 0 Å². The van der Waals surface area contributed by atoms with Crippen molar-refractivity contribution < 1.29 is 8.42 Å². The maximum absolute atomic E-state index is 12.3. The zero-order valence-corrected chi connectivity index (χ0v) is 13.2. The molecule has 0 spiro atoms. The smallest absolute Gasteiger partial charge is 0.208 e. The van der Waals surface area contributed by atoms with Crippen LogP contribution in [0.3, 0.4) is 0 Å². The van der Waals surface area contributed by atoms with E-state index in [4.69, 9.17) is 0 Å². The second-order valence-corrected chi connectivity index (χ2v) is 7.07. The van der Waals surface area contributed by atoms with Gasteiger partial charge in [-0.2, -0.15) is 0 Å². The third kappa shape index (κ3) is 4.69. The van der Waals surface area contributed by atoms with Crippen molar-refractivity contribution >= 4 is 10.0 Å². The van der Waals surface area contributed by atoms with Crippen molar-refractivity contribution in [3.63, 3.8) is 0 Å². The summed E-state index contributed by atoms with van der Waals surface area (Å²) in [5.41, 5.74) is 2.27. The van der Waals surface area contributed by atoms with Crippen molar-refractivity contribution in [3.05, 3.63) is 65.7 Å². The number of hydrogen-bond acceptors (Lipinski definition) is 2. The summed E-state index contributed by atoms with van der Waals surface area (Å²) in [7, 11) is -3.43. The normalized spacial score (nSPS) is 13.0. The van der Waals surface area contributed by atoms with Crippen LogP contribution in [0.1, 0.15) is 24.5 Å². The second-order valence-electron chi connectivity index (χ2n) is 5.36. The Morgan fingerprint density at radius 2 is 1.62 bits per heavy atom. The van der Waals surface area contributed by atoms with Gasteiger partial charge in [0.05, 0.1) is 4.90 Å². The van der Waals surface area contributed by atoms with Crippen LogP contribution < -0.4 is 4.72 Å². The van der Waals surface area contributed by atoms with E-state index < -0.39 is 10.0 Å². The van der Waals surface area contributed by atoms with Gasteiger partial charge >= 0.3 is 0 Å². The largest absolute Gasteiger partial charge is 0.240 e. The number of hydrogen-bond donors (Lipinski definition) is 1. The fourth-order valence-corrected chi connectivity index (χ4v) is 3.42. The first-order valence-electron chi connectivity index (χ1n) is 7.10. The molecule has 2 aromatic carbocycles. The highest BCUT2D eigenvalue weighted by Gasteiger charge is 2.16. The molecule has 0 saturated carbocycles. The first-order valence-corrected chi connectivity index (χ1v) is 8.58. The van der Waals surface area contributed by atoms with Crippen LogP contribution >= 0.6 is 0 Å². The highest BCUT2D eigenvalue weighted by molar-refractivity contribution is 7.89.